The van der Waals surface area contributed by atoms with Crippen molar-refractivity contribution < 1.29 is 8.81 Å². The predicted octanol–water partition coefficient (Wildman–Crippen LogP) is 4.09. The van der Waals surface area contributed by atoms with Gasteiger partial charge in [0.25, 0.3) is 0 Å². The summed E-state index contributed by atoms with van der Waals surface area (Å²) in [5.74, 6) is 5.91. The average molecular weight is 305 g/mol. The van der Waals surface area contributed by atoms with Crippen LogP contribution in [-0.4, -0.2) is 0 Å². The summed E-state index contributed by atoms with van der Waals surface area (Å²) >= 11 is 6.11. The zero-order valence-corrected chi connectivity index (χ0v) is 12.1. The molecule has 3 N–H and O–H groups in total. The van der Waals surface area contributed by atoms with Gasteiger partial charge < -0.3 is 4.42 Å². The highest BCUT2D eigenvalue weighted by atomic mass is 35.5. The molecule has 1 aromatic heterocycles. The van der Waals surface area contributed by atoms with Gasteiger partial charge in [0.05, 0.1) is 5.02 Å². The topological polar surface area (TPSA) is 51.2 Å². The quantitative estimate of drug-likeness (QED) is 0.566. The molecule has 0 saturated heterocycles. The molecule has 0 aliphatic carbocycles. The maximum atomic E-state index is 13.6. The molecular formula is C16H14ClFN2O. The van der Waals surface area contributed by atoms with E-state index in [4.69, 9.17) is 21.9 Å². The number of furan rings is 1. The van der Waals surface area contributed by atoms with Gasteiger partial charge in [-0.3, -0.25) is 5.84 Å². The molecule has 0 saturated carbocycles. The van der Waals surface area contributed by atoms with Gasteiger partial charge in [0.1, 0.15) is 17.6 Å². The fraction of sp³-hybridized carbons (Fsp3) is 0.125. The van der Waals surface area contributed by atoms with Gasteiger partial charge in [0, 0.05) is 5.39 Å². The maximum absolute atomic E-state index is 13.6. The Morgan fingerprint density at radius 2 is 2.05 bits per heavy atom. The average Bonchev–Trinajstić information content (AvgIpc) is 2.83. The number of nitrogens with two attached hydrogens (primary N) is 1. The van der Waals surface area contributed by atoms with E-state index >= 15 is 0 Å². The van der Waals surface area contributed by atoms with E-state index in [1.807, 2.05) is 31.2 Å². The summed E-state index contributed by atoms with van der Waals surface area (Å²) in [6.45, 7) is 1.83. The molecule has 3 rings (SSSR count). The van der Waals surface area contributed by atoms with E-state index in [9.17, 15) is 4.39 Å². The SMILES string of the molecule is Cc1cc(F)cc(C(NN)c2cc3cccc(Cl)c3o2)c1. The number of aryl methyl sites for hydroxylation is 1. The molecule has 1 atom stereocenters. The number of nitrogens with one attached hydrogen (secondary N) is 1. The Hall–Kier alpha value is -1.88. The number of hydrogen-bond donors (Lipinski definition) is 2. The highest BCUT2D eigenvalue weighted by Gasteiger charge is 2.19. The highest BCUT2D eigenvalue weighted by molar-refractivity contribution is 6.34. The van der Waals surface area contributed by atoms with Crippen LogP contribution < -0.4 is 11.3 Å². The number of rotatable bonds is 3. The molecule has 21 heavy (non-hydrogen) atoms. The number of hydrogen-bond acceptors (Lipinski definition) is 3. The monoisotopic (exact) mass is 304 g/mol. The highest BCUT2D eigenvalue weighted by Crippen LogP contribution is 2.32. The Labute approximate surface area is 126 Å². The first-order valence-electron chi connectivity index (χ1n) is 6.49. The molecular weight excluding hydrogens is 291 g/mol. The zero-order valence-electron chi connectivity index (χ0n) is 11.4. The number of halogens is 2. The van der Waals surface area contributed by atoms with Crippen LogP contribution in [0.15, 0.2) is 46.9 Å². The van der Waals surface area contributed by atoms with Gasteiger partial charge in [-0.25, -0.2) is 9.82 Å². The first kappa shape index (κ1) is 14.1. The van der Waals surface area contributed by atoms with Crippen LogP contribution in [-0.2, 0) is 0 Å². The largest absolute Gasteiger partial charge is 0.457 e. The summed E-state index contributed by atoms with van der Waals surface area (Å²) in [6.07, 6.45) is 0. The summed E-state index contributed by atoms with van der Waals surface area (Å²) in [4.78, 5) is 0. The molecule has 2 aromatic carbocycles. The van der Waals surface area contributed by atoms with E-state index in [0.29, 0.717) is 21.9 Å². The Morgan fingerprint density at radius 3 is 2.71 bits per heavy atom. The van der Waals surface area contributed by atoms with Crippen molar-refractivity contribution in [3.63, 3.8) is 0 Å². The van der Waals surface area contributed by atoms with E-state index in [1.54, 1.807) is 6.07 Å². The molecule has 3 aromatic rings. The molecule has 0 radical (unpaired) electrons. The third kappa shape index (κ3) is 2.65. The Bertz CT molecular complexity index is 780. The molecule has 108 valence electrons. The summed E-state index contributed by atoms with van der Waals surface area (Å²) in [6, 6.07) is 11.7. The molecule has 0 spiro atoms. The fourth-order valence-electron chi connectivity index (χ4n) is 2.46. The maximum Gasteiger partial charge on any atom is 0.152 e. The minimum absolute atomic E-state index is 0.306. The Morgan fingerprint density at radius 1 is 1.24 bits per heavy atom. The van der Waals surface area contributed by atoms with Crippen LogP contribution in [0.2, 0.25) is 5.02 Å². The van der Waals surface area contributed by atoms with Crippen molar-refractivity contribution in [3.8, 4) is 0 Å². The lowest BCUT2D eigenvalue weighted by Crippen LogP contribution is -2.28. The lowest BCUT2D eigenvalue weighted by atomic mass is 10.0. The third-order valence-electron chi connectivity index (χ3n) is 3.36. The lowest BCUT2D eigenvalue weighted by Gasteiger charge is -2.14. The van der Waals surface area contributed by atoms with Crippen LogP contribution in [0.1, 0.15) is 22.9 Å². The minimum atomic E-state index is -0.442. The van der Waals surface area contributed by atoms with Gasteiger partial charge >= 0.3 is 0 Å². The standard InChI is InChI=1S/C16H14ClFN2O/c1-9-5-11(7-12(18)6-9)15(20-19)14-8-10-3-2-4-13(17)16(10)21-14/h2-8,15,20H,19H2,1H3. The summed E-state index contributed by atoms with van der Waals surface area (Å²) in [5.41, 5.74) is 4.78. The molecule has 0 aliphatic rings. The molecule has 0 aliphatic heterocycles. The van der Waals surface area contributed by atoms with Gasteiger partial charge in [-0.1, -0.05) is 29.8 Å². The molecule has 1 unspecified atom stereocenters. The smallest absolute Gasteiger partial charge is 0.152 e. The Kier molecular flexibility index (Phi) is 3.68. The van der Waals surface area contributed by atoms with E-state index in [2.05, 4.69) is 5.43 Å². The van der Waals surface area contributed by atoms with Gasteiger partial charge in [0.15, 0.2) is 5.58 Å². The molecule has 3 nitrogen and oxygen atoms in total. The summed E-state index contributed by atoms with van der Waals surface area (Å²) < 4.78 is 19.4. The van der Waals surface area contributed by atoms with Gasteiger partial charge in [-0.2, -0.15) is 0 Å². The van der Waals surface area contributed by atoms with Crippen LogP contribution in [0.5, 0.6) is 0 Å². The van der Waals surface area contributed by atoms with Crippen molar-refractivity contribution in [2.24, 2.45) is 5.84 Å². The van der Waals surface area contributed by atoms with Crippen molar-refractivity contribution >= 4 is 22.6 Å². The number of benzene rings is 2. The Balaban J connectivity index is 2.11. The fourth-order valence-corrected chi connectivity index (χ4v) is 2.68. The van der Waals surface area contributed by atoms with Crippen molar-refractivity contribution in [1.82, 2.24) is 5.43 Å². The lowest BCUT2D eigenvalue weighted by molar-refractivity contribution is 0.475. The van der Waals surface area contributed by atoms with Crippen molar-refractivity contribution in [3.05, 3.63) is 70.2 Å². The van der Waals surface area contributed by atoms with Gasteiger partial charge in [-0.15, -0.1) is 0 Å². The van der Waals surface area contributed by atoms with E-state index in [-0.39, 0.29) is 5.82 Å². The zero-order chi connectivity index (χ0) is 15.0. The van der Waals surface area contributed by atoms with E-state index < -0.39 is 6.04 Å². The number of fused-ring (bicyclic) bond motifs is 1. The first-order chi connectivity index (χ1) is 10.1. The molecule has 5 heteroatoms. The second-order valence-corrected chi connectivity index (χ2v) is 5.38. The summed E-state index contributed by atoms with van der Waals surface area (Å²) in [5, 5.41) is 1.41. The van der Waals surface area contributed by atoms with Crippen molar-refractivity contribution in [1.29, 1.82) is 0 Å². The molecule has 0 bridgehead atoms. The second kappa shape index (κ2) is 5.48. The van der Waals surface area contributed by atoms with Crippen molar-refractivity contribution in [2.75, 3.05) is 0 Å². The van der Waals surface area contributed by atoms with Crippen LogP contribution in [0.25, 0.3) is 11.0 Å². The van der Waals surface area contributed by atoms with Crippen LogP contribution in [0.3, 0.4) is 0 Å². The normalized spacial score (nSPS) is 12.8. The van der Waals surface area contributed by atoms with E-state index in [0.717, 1.165) is 10.9 Å². The second-order valence-electron chi connectivity index (χ2n) is 4.97. The third-order valence-corrected chi connectivity index (χ3v) is 3.66. The predicted molar refractivity (Wildman–Crippen MR) is 81.5 cm³/mol. The van der Waals surface area contributed by atoms with E-state index in [1.165, 1.54) is 12.1 Å². The molecule has 0 amide bonds. The number of para-hydroxylation sites is 1. The first-order valence-corrected chi connectivity index (χ1v) is 6.87. The molecule has 1 heterocycles. The van der Waals surface area contributed by atoms with Crippen LogP contribution in [0, 0.1) is 12.7 Å². The van der Waals surface area contributed by atoms with Gasteiger partial charge in [0.2, 0.25) is 0 Å². The van der Waals surface area contributed by atoms with Gasteiger partial charge in [-0.05, 0) is 42.3 Å². The molecule has 0 fully saturated rings. The summed E-state index contributed by atoms with van der Waals surface area (Å²) in [7, 11) is 0. The number of hydrazine groups is 1. The van der Waals surface area contributed by atoms with Crippen LogP contribution >= 0.6 is 11.6 Å². The minimum Gasteiger partial charge on any atom is -0.457 e. The van der Waals surface area contributed by atoms with Crippen LogP contribution in [0.4, 0.5) is 4.39 Å². The van der Waals surface area contributed by atoms with Crippen molar-refractivity contribution in [2.45, 2.75) is 13.0 Å².